The Kier molecular flexibility index (Phi) is 6.74. The summed E-state index contributed by atoms with van der Waals surface area (Å²) >= 11 is 0. The molecule has 0 amide bonds. The van der Waals surface area contributed by atoms with E-state index in [2.05, 4.69) is 5.32 Å². The Morgan fingerprint density at radius 1 is 1.07 bits per heavy atom. The predicted molar refractivity (Wildman–Crippen MR) is 113 cm³/mol. The summed E-state index contributed by atoms with van der Waals surface area (Å²) in [4.78, 5) is 12.0. The molecule has 0 saturated carbocycles. The molecule has 0 aliphatic heterocycles. The van der Waals surface area contributed by atoms with Crippen LogP contribution < -0.4 is 15.7 Å². The summed E-state index contributed by atoms with van der Waals surface area (Å²) in [6.45, 7) is 2.95. The maximum Gasteiger partial charge on any atom is 0.328 e. The highest BCUT2D eigenvalue weighted by atomic mass is 16.5. The number of ether oxygens (including phenoxy) is 1. The van der Waals surface area contributed by atoms with Crippen molar-refractivity contribution in [3.63, 3.8) is 0 Å². The minimum atomic E-state index is -0.800. The SMILES string of the molecule is CC[C@@H](CO)NCc1ccc(OC[C@@H](O)c2ccc3c(c2)n(C)c(=O)n3C)cc1. The van der Waals surface area contributed by atoms with E-state index < -0.39 is 6.10 Å². The Balaban J connectivity index is 1.60. The molecule has 29 heavy (non-hydrogen) atoms. The third-order valence-corrected chi connectivity index (χ3v) is 5.32. The molecular weight excluding hydrogens is 370 g/mol. The first kappa shape index (κ1) is 21.1. The molecule has 0 aliphatic rings. The number of aliphatic hydroxyl groups is 2. The van der Waals surface area contributed by atoms with Gasteiger partial charge < -0.3 is 20.3 Å². The Labute approximate surface area is 170 Å². The number of hydrogen-bond donors (Lipinski definition) is 3. The first-order chi connectivity index (χ1) is 13.9. The van der Waals surface area contributed by atoms with Crippen LogP contribution in [0.15, 0.2) is 47.3 Å². The molecule has 3 N–H and O–H groups in total. The Bertz CT molecular complexity index is 1000. The lowest BCUT2D eigenvalue weighted by molar-refractivity contribution is 0.108. The van der Waals surface area contributed by atoms with Crippen molar-refractivity contribution in [2.45, 2.75) is 32.0 Å². The molecule has 1 aromatic heterocycles. The van der Waals surface area contributed by atoms with E-state index in [0.717, 1.165) is 23.0 Å². The lowest BCUT2D eigenvalue weighted by Gasteiger charge is -2.15. The van der Waals surface area contributed by atoms with Gasteiger partial charge in [0.25, 0.3) is 0 Å². The largest absolute Gasteiger partial charge is 0.491 e. The van der Waals surface area contributed by atoms with Crippen molar-refractivity contribution in [1.29, 1.82) is 0 Å². The monoisotopic (exact) mass is 399 g/mol. The van der Waals surface area contributed by atoms with Crippen molar-refractivity contribution < 1.29 is 14.9 Å². The molecule has 2 atom stereocenters. The number of aryl methyl sites for hydroxylation is 2. The van der Waals surface area contributed by atoms with Gasteiger partial charge in [0.1, 0.15) is 18.5 Å². The molecule has 7 heteroatoms. The van der Waals surface area contributed by atoms with Gasteiger partial charge in [-0.1, -0.05) is 25.1 Å². The number of nitrogens with one attached hydrogen (secondary N) is 1. The quantitative estimate of drug-likeness (QED) is 0.511. The standard InChI is InChI=1S/C22H29N3O4/c1-4-17(13-26)23-12-15-5-8-18(9-6-15)29-14-21(27)16-7-10-19-20(11-16)25(3)22(28)24(19)2/h5-11,17,21,23,26-27H,4,12-14H2,1-3H3/t17-,21+/m0/s1. The first-order valence-corrected chi connectivity index (χ1v) is 9.84. The van der Waals surface area contributed by atoms with Crippen molar-refractivity contribution in [2.24, 2.45) is 14.1 Å². The summed E-state index contributed by atoms with van der Waals surface area (Å²) < 4.78 is 8.89. The number of nitrogens with zero attached hydrogens (tertiary/aromatic N) is 2. The molecule has 3 rings (SSSR count). The minimum Gasteiger partial charge on any atom is -0.491 e. The van der Waals surface area contributed by atoms with Crippen LogP contribution in [-0.2, 0) is 20.6 Å². The normalized spacial score (nSPS) is 13.6. The van der Waals surface area contributed by atoms with E-state index >= 15 is 0 Å². The summed E-state index contributed by atoms with van der Waals surface area (Å²) in [5, 5.41) is 23.0. The number of rotatable bonds is 9. The summed E-state index contributed by atoms with van der Waals surface area (Å²) in [5.41, 5.74) is 3.31. The van der Waals surface area contributed by atoms with Crippen molar-refractivity contribution in [1.82, 2.24) is 14.5 Å². The zero-order chi connectivity index (χ0) is 21.0. The molecule has 0 radical (unpaired) electrons. The van der Waals surface area contributed by atoms with Crippen molar-refractivity contribution >= 4 is 11.0 Å². The lowest BCUT2D eigenvalue weighted by Crippen LogP contribution is -2.31. The minimum absolute atomic E-state index is 0.0956. The topological polar surface area (TPSA) is 88.7 Å². The number of imidazole rings is 1. The number of benzene rings is 2. The van der Waals surface area contributed by atoms with Crippen LogP contribution in [0.5, 0.6) is 5.75 Å². The van der Waals surface area contributed by atoms with Crippen LogP contribution in [-0.4, -0.2) is 38.6 Å². The fourth-order valence-corrected chi connectivity index (χ4v) is 3.31. The van der Waals surface area contributed by atoms with Gasteiger partial charge in [-0.3, -0.25) is 9.13 Å². The van der Waals surface area contributed by atoms with E-state index in [0.29, 0.717) is 17.9 Å². The fraction of sp³-hybridized carbons (Fsp3) is 0.409. The van der Waals surface area contributed by atoms with Crippen LogP contribution in [0.1, 0.15) is 30.6 Å². The number of aliphatic hydroxyl groups excluding tert-OH is 2. The molecule has 1 heterocycles. The molecule has 0 aliphatic carbocycles. The zero-order valence-corrected chi connectivity index (χ0v) is 17.1. The third-order valence-electron chi connectivity index (χ3n) is 5.32. The average molecular weight is 399 g/mol. The third kappa shape index (κ3) is 4.70. The number of aromatic nitrogens is 2. The molecular formula is C22H29N3O4. The highest BCUT2D eigenvalue weighted by Gasteiger charge is 2.13. The van der Waals surface area contributed by atoms with Crippen LogP contribution in [0.3, 0.4) is 0 Å². The second-order valence-corrected chi connectivity index (χ2v) is 7.29. The maximum absolute atomic E-state index is 12.0. The summed E-state index contributed by atoms with van der Waals surface area (Å²) in [6.07, 6.45) is 0.0735. The molecule has 0 bridgehead atoms. The van der Waals surface area contributed by atoms with Crippen molar-refractivity contribution in [2.75, 3.05) is 13.2 Å². The molecule has 7 nitrogen and oxygen atoms in total. The molecule has 2 aromatic carbocycles. The molecule has 156 valence electrons. The second-order valence-electron chi connectivity index (χ2n) is 7.29. The second kappa shape index (κ2) is 9.26. The first-order valence-electron chi connectivity index (χ1n) is 9.84. The average Bonchev–Trinajstić information content (AvgIpc) is 2.97. The van der Waals surface area contributed by atoms with Gasteiger partial charge >= 0.3 is 5.69 Å². The maximum atomic E-state index is 12.0. The number of fused-ring (bicyclic) bond motifs is 1. The summed E-state index contributed by atoms with van der Waals surface area (Å²) in [5.74, 6) is 0.676. The number of hydrogen-bond acceptors (Lipinski definition) is 5. The van der Waals surface area contributed by atoms with Gasteiger partial charge in [0.2, 0.25) is 0 Å². The van der Waals surface area contributed by atoms with Gasteiger partial charge in [-0.2, -0.15) is 0 Å². The van der Waals surface area contributed by atoms with E-state index in [4.69, 9.17) is 4.74 Å². The van der Waals surface area contributed by atoms with Gasteiger partial charge in [-0.25, -0.2) is 4.79 Å². The highest BCUT2D eigenvalue weighted by molar-refractivity contribution is 5.76. The van der Waals surface area contributed by atoms with Gasteiger partial charge in [-0.15, -0.1) is 0 Å². The Morgan fingerprint density at radius 3 is 2.41 bits per heavy atom. The smallest absolute Gasteiger partial charge is 0.328 e. The summed E-state index contributed by atoms with van der Waals surface area (Å²) in [7, 11) is 3.45. The van der Waals surface area contributed by atoms with Crippen LogP contribution >= 0.6 is 0 Å². The van der Waals surface area contributed by atoms with Gasteiger partial charge in [0, 0.05) is 26.7 Å². The lowest BCUT2D eigenvalue weighted by atomic mass is 10.1. The van der Waals surface area contributed by atoms with E-state index in [1.54, 1.807) is 23.2 Å². The van der Waals surface area contributed by atoms with Crippen LogP contribution in [0.25, 0.3) is 11.0 Å². The summed E-state index contributed by atoms with van der Waals surface area (Å²) in [6, 6.07) is 13.2. The molecule has 0 unspecified atom stereocenters. The van der Waals surface area contributed by atoms with Gasteiger partial charge in [0.05, 0.1) is 17.6 Å². The van der Waals surface area contributed by atoms with Gasteiger partial charge in [-0.05, 0) is 41.8 Å². The van der Waals surface area contributed by atoms with Crippen molar-refractivity contribution in [3.8, 4) is 5.75 Å². The zero-order valence-electron chi connectivity index (χ0n) is 17.1. The van der Waals surface area contributed by atoms with Crippen LogP contribution in [0.4, 0.5) is 0 Å². The van der Waals surface area contributed by atoms with E-state index in [1.807, 2.05) is 49.4 Å². The van der Waals surface area contributed by atoms with E-state index in [-0.39, 0.29) is 24.9 Å². The molecule has 0 saturated heterocycles. The Morgan fingerprint density at radius 2 is 1.76 bits per heavy atom. The van der Waals surface area contributed by atoms with Crippen molar-refractivity contribution in [3.05, 3.63) is 64.1 Å². The van der Waals surface area contributed by atoms with Crippen LogP contribution in [0.2, 0.25) is 0 Å². The van der Waals surface area contributed by atoms with E-state index in [1.165, 1.54) is 0 Å². The molecule has 0 spiro atoms. The van der Waals surface area contributed by atoms with Crippen LogP contribution in [0, 0.1) is 0 Å². The highest BCUT2D eigenvalue weighted by Crippen LogP contribution is 2.21. The predicted octanol–water partition coefficient (Wildman–Crippen LogP) is 1.85. The molecule has 0 fully saturated rings. The van der Waals surface area contributed by atoms with E-state index in [9.17, 15) is 15.0 Å². The van der Waals surface area contributed by atoms with Gasteiger partial charge in [0.15, 0.2) is 0 Å². The Hall–Kier alpha value is -2.61. The molecule has 3 aromatic rings. The fourth-order valence-electron chi connectivity index (χ4n) is 3.31.